The van der Waals surface area contributed by atoms with Crippen LogP contribution in [0.4, 0.5) is 0 Å². The highest BCUT2D eigenvalue weighted by Gasteiger charge is 2.38. The van der Waals surface area contributed by atoms with Crippen LogP contribution in [0, 0.1) is 5.92 Å². The van der Waals surface area contributed by atoms with E-state index in [0.29, 0.717) is 6.61 Å². The van der Waals surface area contributed by atoms with Gasteiger partial charge >= 0.3 is 0 Å². The molecule has 6 nitrogen and oxygen atoms in total. The number of carbonyl (C=O) groups excluding carboxylic acids is 1. The fourth-order valence-corrected chi connectivity index (χ4v) is 4.75. The maximum Gasteiger partial charge on any atom is 0.243 e. The molecule has 1 amide bonds. The van der Waals surface area contributed by atoms with E-state index in [2.05, 4.69) is 26.1 Å². The Labute approximate surface area is 149 Å². The molecule has 2 fully saturated rings. The average Bonchev–Trinajstić information content (AvgIpc) is 2.83. The van der Waals surface area contributed by atoms with Crippen molar-refractivity contribution in [1.82, 2.24) is 9.62 Å². The molecule has 0 spiro atoms. The number of benzene rings is 1. The third kappa shape index (κ3) is 3.59. The van der Waals surface area contributed by atoms with Crippen LogP contribution in [0.5, 0.6) is 0 Å². The standard InChI is InChI=1S/C18H26N2O4S/c1-4-18(2,3)14-5-7-16(8-6-14)25(22,23)20-9-13-11-24-12-15(10-20)19-17(13)21/h5-8,13,15H,4,9-12H2,1-3H3,(H,19,21)/t13-,15+/m1/s1. The average molecular weight is 366 g/mol. The van der Waals surface area contributed by atoms with Gasteiger partial charge in [-0.3, -0.25) is 4.79 Å². The van der Waals surface area contributed by atoms with E-state index in [0.717, 1.165) is 12.0 Å². The fourth-order valence-electron chi connectivity index (χ4n) is 3.22. The Morgan fingerprint density at radius 1 is 1.20 bits per heavy atom. The largest absolute Gasteiger partial charge is 0.378 e. The lowest BCUT2D eigenvalue weighted by molar-refractivity contribution is -0.125. The topological polar surface area (TPSA) is 75.7 Å². The molecule has 0 aliphatic carbocycles. The monoisotopic (exact) mass is 366 g/mol. The SMILES string of the molecule is CCC(C)(C)c1ccc(S(=O)(=O)N2C[C@H]3COC[C@@H](C2)C(=O)N3)cc1. The van der Waals surface area contributed by atoms with E-state index in [9.17, 15) is 13.2 Å². The first-order valence-corrected chi connectivity index (χ1v) is 10.2. The van der Waals surface area contributed by atoms with E-state index in [1.807, 2.05) is 12.1 Å². The number of rotatable bonds is 4. The first-order valence-electron chi connectivity index (χ1n) is 8.73. The second-order valence-electron chi connectivity index (χ2n) is 7.52. The number of hydrogen-bond donors (Lipinski definition) is 1. The Kier molecular flexibility index (Phi) is 4.92. The number of ether oxygens (including phenoxy) is 1. The summed E-state index contributed by atoms with van der Waals surface area (Å²) in [7, 11) is -3.63. The van der Waals surface area contributed by atoms with Gasteiger partial charge in [-0.05, 0) is 29.5 Å². The molecule has 138 valence electrons. The number of hydrogen-bond acceptors (Lipinski definition) is 4. The van der Waals surface area contributed by atoms with Crippen molar-refractivity contribution >= 4 is 15.9 Å². The van der Waals surface area contributed by atoms with Gasteiger partial charge in [0.25, 0.3) is 0 Å². The molecule has 2 saturated heterocycles. The van der Waals surface area contributed by atoms with E-state index < -0.39 is 15.9 Å². The molecule has 0 radical (unpaired) electrons. The van der Waals surface area contributed by atoms with E-state index in [1.165, 1.54) is 4.31 Å². The molecule has 2 bridgehead atoms. The Morgan fingerprint density at radius 3 is 2.52 bits per heavy atom. The van der Waals surface area contributed by atoms with Gasteiger partial charge in [0.1, 0.15) is 0 Å². The number of nitrogens with zero attached hydrogens (tertiary/aromatic N) is 1. The molecule has 0 saturated carbocycles. The summed E-state index contributed by atoms with van der Waals surface area (Å²) in [5.74, 6) is -0.583. The second-order valence-corrected chi connectivity index (χ2v) is 9.46. The van der Waals surface area contributed by atoms with Crippen molar-refractivity contribution in [1.29, 1.82) is 0 Å². The molecule has 2 heterocycles. The third-order valence-electron chi connectivity index (χ3n) is 5.36. The smallest absolute Gasteiger partial charge is 0.243 e. The Morgan fingerprint density at radius 2 is 1.88 bits per heavy atom. The van der Waals surface area contributed by atoms with Gasteiger partial charge in [0.05, 0.1) is 30.1 Å². The van der Waals surface area contributed by atoms with Gasteiger partial charge in [-0.15, -0.1) is 0 Å². The number of sulfonamides is 1. The van der Waals surface area contributed by atoms with Crippen molar-refractivity contribution in [2.45, 2.75) is 43.5 Å². The van der Waals surface area contributed by atoms with Gasteiger partial charge in [0.15, 0.2) is 0 Å². The third-order valence-corrected chi connectivity index (χ3v) is 7.21. The summed E-state index contributed by atoms with van der Waals surface area (Å²) >= 11 is 0. The van der Waals surface area contributed by atoms with Crippen molar-refractivity contribution in [3.8, 4) is 0 Å². The quantitative estimate of drug-likeness (QED) is 0.876. The minimum atomic E-state index is -3.63. The normalized spacial score (nSPS) is 25.3. The summed E-state index contributed by atoms with van der Waals surface area (Å²) in [5, 5.41) is 2.86. The van der Waals surface area contributed by atoms with E-state index in [-0.39, 0.29) is 42.0 Å². The molecule has 2 aliphatic heterocycles. The molecule has 0 aromatic heterocycles. The highest BCUT2D eigenvalue weighted by molar-refractivity contribution is 7.89. The lowest BCUT2D eigenvalue weighted by Gasteiger charge is -2.27. The zero-order valence-electron chi connectivity index (χ0n) is 15.0. The van der Waals surface area contributed by atoms with E-state index in [4.69, 9.17) is 4.74 Å². The van der Waals surface area contributed by atoms with Crippen molar-refractivity contribution in [2.24, 2.45) is 5.92 Å². The molecule has 1 aromatic carbocycles. The summed E-state index contributed by atoms with van der Waals surface area (Å²) < 4.78 is 33.0. The van der Waals surface area contributed by atoms with E-state index >= 15 is 0 Å². The van der Waals surface area contributed by atoms with Crippen LogP contribution in [0.2, 0.25) is 0 Å². The predicted octanol–water partition coefficient (Wildman–Crippen LogP) is 1.51. The van der Waals surface area contributed by atoms with Crippen molar-refractivity contribution in [3.63, 3.8) is 0 Å². The second kappa shape index (κ2) is 6.70. The van der Waals surface area contributed by atoms with E-state index in [1.54, 1.807) is 12.1 Å². The predicted molar refractivity (Wildman–Crippen MR) is 94.8 cm³/mol. The van der Waals surface area contributed by atoms with Crippen LogP contribution in [-0.4, -0.2) is 51.0 Å². The maximum atomic E-state index is 13.1. The molecule has 25 heavy (non-hydrogen) atoms. The first-order chi connectivity index (χ1) is 11.7. The molecular formula is C18H26N2O4S. The zero-order chi connectivity index (χ0) is 18.2. The lowest BCUT2D eigenvalue weighted by atomic mass is 9.82. The number of amides is 1. The van der Waals surface area contributed by atoms with Gasteiger partial charge in [-0.2, -0.15) is 4.31 Å². The van der Waals surface area contributed by atoms with Crippen molar-refractivity contribution < 1.29 is 17.9 Å². The maximum absolute atomic E-state index is 13.1. The number of carbonyl (C=O) groups is 1. The summed E-state index contributed by atoms with van der Waals surface area (Å²) in [4.78, 5) is 12.4. The molecule has 0 unspecified atom stereocenters. The molecule has 2 aliphatic rings. The van der Waals surface area contributed by atoms with Gasteiger partial charge in [-0.25, -0.2) is 8.42 Å². The van der Waals surface area contributed by atoms with Crippen LogP contribution in [0.25, 0.3) is 0 Å². The molecule has 1 N–H and O–H groups in total. The van der Waals surface area contributed by atoms with Crippen LogP contribution >= 0.6 is 0 Å². The van der Waals surface area contributed by atoms with Crippen molar-refractivity contribution in [2.75, 3.05) is 26.3 Å². The fraction of sp³-hybridized carbons (Fsp3) is 0.611. The highest BCUT2D eigenvalue weighted by atomic mass is 32.2. The van der Waals surface area contributed by atoms with Crippen LogP contribution in [0.15, 0.2) is 29.2 Å². The molecule has 3 rings (SSSR count). The molecule has 1 aromatic rings. The Bertz CT molecular complexity index is 743. The minimum Gasteiger partial charge on any atom is -0.378 e. The van der Waals surface area contributed by atoms with Crippen LogP contribution in [0.3, 0.4) is 0 Å². The molecular weight excluding hydrogens is 340 g/mol. The molecule has 7 heteroatoms. The van der Waals surface area contributed by atoms with Gasteiger partial charge < -0.3 is 10.1 Å². The summed E-state index contributed by atoms with van der Waals surface area (Å²) in [5.41, 5.74) is 1.13. The first kappa shape index (κ1) is 18.4. The summed E-state index contributed by atoms with van der Waals surface area (Å²) in [6.07, 6.45) is 0.975. The van der Waals surface area contributed by atoms with Gasteiger partial charge in [0, 0.05) is 13.1 Å². The Balaban J connectivity index is 1.87. The van der Waals surface area contributed by atoms with Crippen LogP contribution < -0.4 is 5.32 Å². The summed E-state index contributed by atoms with van der Waals surface area (Å²) in [6, 6.07) is 6.83. The summed E-state index contributed by atoms with van der Waals surface area (Å²) in [6.45, 7) is 7.41. The van der Waals surface area contributed by atoms with Gasteiger partial charge in [-0.1, -0.05) is 32.9 Å². The minimum absolute atomic E-state index is 0.00952. The van der Waals surface area contributed by atoms with Gasteiger partial charge in [0.2, 0.25) is 15.9 Å². The zero-order valence-corrected chi connectivity index (χ0v) is 15.8. The number of fused-ring (bicyclic) bond motifs is 3. The van der Waals surface area contributed by atoms with Crippen LogP contribution in [0.1, 0.15) is 32.8 Å². The Hall–Kier alpha value is -1.44. The lowest BCUT2D eigenvalue weighted by Crippen LogP contribution is -2.44. The van der Waals surface area contributed by atoms with Crippen molar-refractivity contribution in [3.05, 3.63) is 29.8 Å². The highest BCUT2D eigenvalue weighted by Crippen LogP contribution is 2.28. The van der Waals surface area contributed by atoms with Crippen LogP contribution in [-0.2, 0) is 25.0 Å². The number of nitrogens with one attached hydrogen (secondary N) is 1. The molecule has 2 atom stereocenters.